The summed E-state index contributed by atoms with van der Waals surface area (Å²) >= 11 is 0. The molecule has 2 rings (SSSR count). The van der Waals surface area contributed by atoms with E-state index in [-0.39, 0.29) is 5.92 Å². The first-order valence-corrected chi connectivity index (χ1v) is 7.53. The second kappa shape index (κ2) is 7.41. The predicted molar refractivity (Wildman–Crippen MR) is 83.2 cm³/mol. The average molecular weight is 277 g/mol. The summed E-state index contributed by atoms with van der Waals surface area (Å²) in [6.07, 6.45) is 6.00. The summed E-state index contributed by atoms with van der Waals surface area (Å²) in [6, 6.07) is 0. The summed E-state index contributed by atoms with van der Waals surface area (Å²) in [5, 5.41) is 17.1. The van der Waals surface area contributed by atoms with Gasteiger partial charge in [-0.3, -0.25) is 4.79 Å². The van der Waals surface area contributed by atoms with Crippen LogP contribution < -0.4 is 0 Å². The highest BCUT2D eigenvalue weighted by Gasteiger charge is 2.34. The summed E-state index contributed by atoms with van der Waals surface area (Å²) in [5.74, 6) is 0.0710. The van der Waals surface area contributed by atoms with E-state index in [1.807, 2.05) is 0 Å². The van der Waals surface area contributed by atoms with Crippen LogP contribution in [0.3, 0.4) is 0 Å². The van der Waals surface area contributed by atoms with E-state index in [4.69, 9.17) is 10.5 Å². The Morgan fingerprint density at radius 3 is 2.65 bits per heavy atom. The van der Waals surface area contributed by atoms with Crippen LogP contribution in [0.25, 0.3) is 0 Å². The maximum absolute atomic E-state index is 10.9. The van der Waals surface area contributed by atoms with Gasteiger partial charge >= 0.3 is 5.97 Å². The Morgan fingerprint density at radius 2 is 2.05 bits per heavy atom. The van der Waals surface area contributed by atoms with Gasteiger partial charge in [0, 0.05) is 5.71 Å². The number of hydrogen-bond donors (Lipinski definition) is 2. The topological polar surface area (TPSA) is 61.2 Å². The molecule has 0 amide bonds. The Bertz CT molecular complexity index is 411. The molecule has 0 spiro atoms. The van der Waals surface area contributed by atoms with E-state index in [1.165, 1.54) is 17.6 Å². The molecule has 0 aromatic heterocycles. The fourth-order valence-corrected chi connectivity index (χ4v) is 3.37. The van der Waals surface area contributed by atoms with Crippen molar-refractivity contribution >= 4 is 11.7 Å². The van der Waals surface area contributed by atoms with Crippen LogP contribution in [0, 0.1) is 23.2 Å². The largest absolute Gasteiger partial charge is 0.481 e. The number of rotatable bonds is 4. The van der Waals surface area contributed by atoms with Crippen LogP contribution >= 0.6 is 0 Å². The maximum atomic E-state index is 10.9. The van der Waals surface area contributed by atoms with Gasteiger partial charge in [-0.15, -0.1) is 13.2 Å². The van der Waals surface area contributed by atoms with E-state index >= 15 is 0 Å². The Hall–Kier alpha value is -1.38. The minimum Gasteiger partial charge on any atom is -0.481 e. The van der Waals surface area contributed by atoms with Crippen LogP contribution in [-0.4, -0.2) is 16.8 Å². The minimum absolute atomic E-state index is 0.265. The van der Waals surface area contributed by atoms with Gasteiger partial charge in [0.1, 0.15) is 0 Å². The quantitative estimate of drug-likeness (QED) is 0.746. The van der Waals surface area contributed by atoms with Crippen molar-refractivity contribution in [1.29, 1.82) is 5.41 Å². The number of aliphatic carboxylic acids is 1. The Kier molecular flexibility index (Phi) is 6.18. The maximum Gasteiger partial charge on any atom is 0.306 e. The van der Waals surface area contributed by atoms with Gasteiger partial charge in [0.15, 0.2) is 0 Å². The SMILES string of the molecule is C=C.CC(CCC1C2=C(CCC2=N)CCC1C)C(=O)O. The van der Waals surface area contributed by atoms with Crippen LogP contribution in [-0.2, 0) is 4.79 Å². The molecule has 20 heavy (non-hydrogen) atoms. The molecule has 0 saturated carbocycles. The zero-order valence-electron chi connectivity index (χ0n) is 12.7. The third kappa shape index (κ3) is 3.59. The zero-order valence-corrected chi connectivity index (χ0v) is 12.7. The molecule has 2 N–H and O–H groups in total. The zero-order chi connectivity index (χ0) is 15.3. The number of nitrogens with one attached hydrogen (secondary N) is 1. The highest BCUT2D eigenvalue weighted by molar-refractivity contribution is 6.01. The van der Waals surface area contributed by atoms with Gasteiger partial charge in [-0.05, 0) is 55.9 Å². The molecule has 3 atom stereocenters. The van der Waals surface area contributed by atoms with Crippen molar-refractivity contribution in [2.24, 2.45) is 17.8 Å². The molecule has 3 nitrogen and oxygen atoms in total. The van der Waals surface area contributed by atoms with Crippen LogP contribution in [0.15, 0.2) is 24.3 Å². The first kappa shape index (κ1) is 16.7. The van der Waals surface area contributed by atoms with Gasteiger partial charge in [-0.1, -0.05) is 19.4 Å². The molecule has 0 fully saturated rings. The lowest BCUT2D eigenvalue weighted by atomic mass is 9.73. The van der Waals surface area contributed by atoms with Crippen LogP contribution in [0.4, 0.5) is 0 Å². The number of hydrogen-bond acceptors (Lipinski definition) is 2. The van der Waals surface area contributed by atoms with E-state index in [2.05, 4.69) is 20.1 Å². The molecule has 0 aliphatic heterocycles. The highest BCUT2D eigenvalue weighted by atomic mass is 16.4. The monoisotopic (exact) mass is 277 g/mol. The van der Waals surface area contributed by atoms with Gasteiger partial charge in [0.05, 0.1) is 5.92 Å². The van der Waals surface area contributed by atoms with Crippen molar-refractivity contribution in [3.63, 3.8) is 0 Å². The third-order valence-corrected chi connectivity index (χ3v) is 4.67. The lowest BCUT2D eigenvalue weighted by Gasteiger charge is -2.31. The molecule has 0 aromatic carbocycles. The normalized spacial score (nSPS) is 26.6. The number of carboxylic acids is 1. The smallest absolute Gasteiger partial charge is 0.306 e. The van der Waals surface area contributed by atoms with Crippen LogP contribution in [0.1, 0.15) is 52.4 Å². The van der Waals surface area contributed by atoms with Crippen LogP contribution in [0.5, 0.6) is 0 Å². The molecule has 2 aliphatic rings. The first-order chi connectivity index (χ1) is 9.50. The van der Waals surface area contributed by atoms with Crippen molar-refractivity contribution in [1.82, 2.24) is 0 Å². The van der Waals surface area contributed by atoms with E-state index in [0.717, 1.165) is 37.8 Å². The van der Waals surface area contributed by atoms with E-state index in [1.54, 1.807) is 6.92 Å². The van der Waals surface area contributed by atoms with E-state index in [0.29, 0.717) is 11.8 Å². The van der Waals surface area contributed by atoms with Gasteiger partial charge in [-0.25, -0.2) is 0 Å². The summed E-state index contributed by atoms with van der Waals surface area (Å²) in [6.45, 7) is 10.0. The number of carboxylic acid groups (broad SMARTS) is 1. The summed E-state index contributed by atoms with van der Waals surface area (Å²) in [4.78, 5) is 10.9. The Morgan fingerprint density at radius 1 is 1.40 bits per heavy atom. The molecular weight excluding hydrogens is 250 g/mol. The van der Waals surface area contributed by atoms with Gasteiger partial charge in [0.25, 0.3) is 0 Å². The van der Waals surface area contributed by atoms with Crippen molar-refractivity contribution in [2.45, 2.75) is 52.4 Å². The first-order valence-electron chi connectivity index (χ1n) is 7.53. The van der Waals surface area contributed by atoms with Gasteiger partial charge in [-0.2, -0.15) is 0 Å². The van der Waals surface area contributed by atoms with Gasteiger partial charge in [0.2, 0.25) is 0 Å². The summed E-state index contributed by atoms with van der Waals surface area (Å²) < 4.78 is 0. The third-order valence-electron chi connectivity index (χ3n) is 4.67. The second-order valence-electron chi connectivity index (χ2n) is 5.93. The van der Waals surface area contributed by atoms with Crippen molar-refractivity contribution in [2.75, 3.05) is 0 Å². The standard InChI is InChI=1S/C15H23NO2.C2H4/c1-9-3-5-11-6-8-13(16)14(11)12(9)7-4-10(2)15(17)18;1-2/h9-10,12,16H,3-8H2,1-2H3,(H,17,18);1-2H2. The summed E-state index contributed by atoms with van der Waals surface area (Å²) in [5.41, 5.74) is 3.61. The highest BCUT2D eigenvalue weighted by Crippen LogP contribution is 2.43. The lowest BCUT2D eigenvalue weighted by molar-refractivity contribution is -0.141. The molecule has 0 bridgehead atoms. The molecule has 2 aliphatic carbocycles. The Balaban J connectivity index is 0.000000956. The number of carbonyl (C=O) groups is 1. The lowest BCUT2D eigenvalue weighted by Crippen LogP contribution is -2.23. The predicted octanol–water partition coefficient (Wildman–Crippen LogP) is 4.45. The van der Waals surface area contributed by atoms with E-state index in [9.17, 15) is 4.79 Å². The molecule has 0 radical (unpaired) electrons. The second-order valence-corrected chi connectivity index (χ2v) is 5.93. The molecule has 112 valence electrons. The fourth-order valence-electron chi connectivity index (χ4n) is 3.37. The fraction of sp³-hybridized carbons (Fsp3) is 0.647. The Labute approximate surface area is 122 Å². The molecule has 0 saturated heterocycles. The molecule has 0 aromatic rings. The van der Waals surface area contributed by atoms with Crippen molar-refractivity contribution < 1.29 is 9.90 Å². The van der Waals surface area contributed by atoms with Gasteiger partial charge < -0.3 is 10.5 Å². The molecule has 3 unspecified atom stereocenters. The number of allylic oxidation sites excluding steroid dienone is 2. The van der Waals surface area contributed by atoms with Crippen molar-refractivity contribution in [3.8, 4) is 0 Å². The average Bonchev–Trinajstić information content (AvgIpc) is 2.81. The molecule has 0 heterocycles. The molecule has 3 heteroatoms. The van der Waals surface area contributed by atoms with Crippen molar-refractivity contribution in [3.05, 3.63) is 24.3 Å². The molecular formula is C17H27NO2. The minimum atomic E-state index is -0.700. The van der Waals surface area contributed by atoms with Crippen LogP contribution in [0.2, 0.25) is 0 Å². The van der Waals surface area contributed by atoms with E-state index < -0.39 is 5.97 Å². The summed E-state index contributed by atoms with van der Waals surface area (Å²) in [7, 11) is 0.